The zero-order valence-corrected chi connectivity index (χ0v) is 10.8. The highest BCUT2D eigenvalue weighted by Crippen LogP contribution is 2.58. The molecule has 0 aliphatic heterocycles. The lowest BCUT2D eigenvalue weighted by molar-refractivity contribution is 0.309. The van der Waals surface area contributed by atoms with Gasteiger partial charge in [-0.05, 0) is 39.7 Å². The summed E-state index contributed by atoms with van der Waals surface area (Å²) in [4.78, 5) is 0. The molecule has 0 heterocycles. The summed E-state index contributed by atoms with van der Waals surface area (Å²) < 4.78 is 5.42. The number of hydrogen-bond donors (Lipinski definition) is 2. The van der Waals surface area contributed by atoms with Gasteiger partial charge in [-0.3, -0.25) is 0 Å². The lowest BCUT2D eigenvalue weighted by Gasteiger charge is -2.32. The van der Waals surface area contributed by atoms with Crippen molar-refractivity contribution in [3.8, 4) is 11.5 Å². The van der Waals surface area contributed by atoms with Gasteiger partial charge in [0.2, 0.25) is 0 Å². The van der Waals surface area contributed by atoms with Gasteiger partial charge in [-0.15, -0.1) is 0 Å². The first kappa shape index (κ1) is 12.2. The molecule has 3 N–H and O–H groups in total. The molecule has 3 nitrogen and oxygen atoms in total. The highest BCUT2D eigenvalue weighted by atomic mass is 16.5. The van der Waals surface area contributed by atoms with Crippen LogP contribution in [0.4, 0.5) is 0 Å². The van der Waals surface area contributed by atoms with E-state index in [-0.39, 0.29) is 16.7 Å². The maximum absolute atomic E-state index is 10.3. The molecule has 0 radical (unpaired) electrons. The Kier molecular flexibility index (Phi) is 2.82. The van der Waals surface area contributed by atoms with Crippen molar-refractivity contribution in [3.05, 3.63) is 23.8 Å². The van der Waals surface area contributed by atoms with Gasteiger partial charge in [0, 0.05) is 16.5 Å². The number of ether oxygens (including phenoxy) is 1. The van der Waals surface area contributed by atoms with Gasteiger partial charge in [-0.25, -0.2) is 0 Å². The third kappa shape index (κ3) is 1.89. The maximum Gasteiger partial charge on any atom is 0.161 e. The van der Waals surface area contributed by atoms with E-state index in [4.69, 9.17) is 10.5 Å². The number of phenolic OH excluding ortho intramolecular Hbond substituents is 1. The third-order valence-electron chi connectivity index (χ3n) is 3.80. The molecule has 1 aliphatic rings. The molecule has 2 rings (SSSR count). The Morgan fingerprint density at radius 2 is 2.06 bits per heavy atom. The van der Waals surface area contributed by atoms with Crippen molar-refractivity contribution in [1.82, 2.24) is 0 Å². The second-order valence-electron chi connectivity index (χ2n) is 5.39. The van der Waals surface area contributed by atoms with E-state index in [1.807, 2.05) is 32.9 Å². The third-order valence-corrected chi connectivity index (χ3v) is 3.80. The van der Waals surface area contributed by atoms with Gasteiger partial charge < -0.3 is 15.6 Å². The Balaban J connectivity index is 2.44. The fourth-order valence-electron chi connectivity index (χ4n) is 2.57. The van der Waals surface area contributed by atoms with Crippen LogP contribution in [-0.2, 0) is 5.41 Å². The lowest BCUT2D eigenvalue weighted by atomic mass is 9.79. The number of rotatable bonds is 4. The van der Waals surface area contributed by atoms with E-state index in [1.54, 1.807) is 6.07 Å². The molecule has 0 amide bonds. The van der Waals surface area contributed by atoms with Crippen LogP contribution >= 0.6 is 0 Å². The van der Waals surface area contributed by atoms with Gasteiger partial charge in [0.1, 0.15) is 0 Å². The minimum absolute atomic E-state index is 0.0931. The molecule has 0 unspecified atom stereocenters. The highest BCUT2D eigenvalue weighted by Gasteiger charge is 2.55. The summed E-state index contributed by atoms with van der Waals surface area (Å²) in [6, 6.07) is 5.67. The highest BCUT2D eigenvalue weighted by molar-refractivity contribution is 5.52. The van der Waals surface area contributed by atoms with Gasteiger partial charge in [0.05, 0.1) is 6.61 Å². The number of nitrogens with two attached hydrogens (primary N) is 1. The van der Waals surface area contributed by atoms with Crippen molar-refractivity contribution >= 4 is 0 Å². The second-order valence-corrected chi connectivity index (χ2v) is 5.39. The van der Waals surface area contributed by atoms with Crippen molar-refractivity contribution in [2.45, 2.75) is 44.6 Å². The van der Waals surface area contributed by atoms with Crippen LogP contribution in [0.25, 0.3) is 0 Å². The summed E-state index contributed by atoms with van der Waals surface area (Å²) in [5.74, 6) is 0.811. The quantitative estimate of drug-likeness (QED) is 0.843. The van der Waals surface area contributed by atoms with Crippen LogP contribution in [0.1, 0.15) is 39.2 Å². The summed E-state index contributed by atoms with van der Waals surface area (Å²) in [5, 5.41) is 10.3. The van der Waals surface area contributed by atoms with E-state index < -0.39 is 0 Å². The van der Waals surface area contributed by atoms with E-state index in [9.17, 15) is 5.11 Å². The molecule has 1 aromatic carbocycles. The molecule has 0 atom stereocenters. The monoisotopic (exact) mass is 235 g/mol. The number of benzene rings is 1. The Morgan fingerprint density at radius 3 is 2.53 bits per heavy atom. The Labute approximate surface area is 103 Å². The standard InChI is InChI=1S/C14H21NO2/c1-4-17-11-7-5-6-10(12(11)16)14(8-9-14)13(2,3)15/h5-7,16H,4,8-9,15H2,1-3H3. The molecule has 0 bridgehead atoms. The normalized spacial score (nSPS) is 17.9. The van der Waals surface area contributed by atoms with Gasteiger partial charge in [-0.1, -0.05) is 12.1 Å². The van der Waals surface area contributed by atoms with Crippen LogP contribution < -0.4 is 10.5 Å². The van der Waals surface area contributed by atoms with E-state index in [2.05, 4.69) is 0 Å². The lowest BCUT2D eigenvalue weighted by Crippen LogP contribution is -2.45. The maximum atomic E-state index is 10.3. The first-order valence-corrected chi connectivity index (χ1v) is 6.16. The average Bonchev–Trinajstić information content (AvgIpc) is 3.01. The zero-order valence-electron chi connectivity index (χ0n) is 10.8. The molecular weight excluding hydrogens is 214 g/mol. The van der Waals surface area contributed by atoms with Gasteiger partial charge in [0.25, 0.3) is 0 Å². The molecule has 1 saturated carbocycles. The molecular formula is C14H21NO2. The van der Waals surface area contributed by atoms with E-state index in [0.29, 0.717) is 12.4 Å². The predicted octanol–water partition coefficient (Wildman–Crippen LogP) is 2.56. The van der Waals surface area contributed by atoms with Gasteiger partial charge in [-0.2, -0.15) is 0 Å². The Morgan fingerprint density at radius 1 is 1.41 bits per heavy atom. The summed E-state index contributed by atoms with van der Waals surface area (Å²) in [5.41, 5.74) is 6.76. The zero-order chi connectivity index (χ0) is 12.7. The predicted molar refractivity (Wildman–Crippen MR) is 68.5 cm³/mol. The van der Waals surface area contributed by atoms with Crippen LogP contribution in [0, 0.1) is 0 Å². The SMILES string of the molecule is CCOc1cccc(C2(C(C)(C)N)CC2)c1O. The van der Waals surface area contributed by atoms with Crippen molar-refractivity contribution in [3.63, 3.8) is 0 Å². The largest absolute Gasteiger partial charge is 0.504 e. The van der Waals surface area contributed by atoms with E-state index in [0.717, 1.165) is 18.4 Å². The summed E-state index contributed by atoms with van der Waals surface area (Å²) in [6.45, 7) is 6.50. The Bertz CT molecular complexity index is 417. The molecule has 94 valence electrons. The molecule has 1 aromatic rings. The molecule has 0 aromatic heterocycles. The molecule has 1 aliphatic carbocycles. The molecule has 0 spiro atoms. The summed E-state index contributed by atoms with van der Waals surface area (Å²) >= 11 is 0. The number of para-hydroxylation sites is 1. The van der Waals surface area contributed by atoms with Crippen LogP contribution in [0.2, 0.25) is 0 Å². The molecule has 3 heteroatoms. The van der Waals surface area contributed by atoms with Crippen LogP contribution in [0.15, 0.2) is 18.2 Å². The minimum Gasteiger partial charge on any atom is -0.504 e. The second kappa shape index (κ2) is 3.91. The van der Waals surface area contributed by atoms with Gasteiger partial charge in [0.15, 0.2) is 11.5 Å². The summed E-state index contributed by atoms with van der Waals surface area (Å²) in [7, 11) is 0. The van der Waals surface area contributed by atoms with Crippen molar-refractivity contribution < 1.29 is 9.84 Å². The first-order valence-electron chi connectivity index (χ1n) is 6.16. The fourth-order valence-corrected chi connectivity index (χ4v) is 2.57. The molecule has 17 heavy (non-hydrogen) atoms. The van der Waals surface area contributed by atoms with Crippen LogP contribution in [-0.4, -0.2) is 17.3 Å². The van der Waals surface area contributed by atoms with Crippen molar-refractivity contribution in [1.29, 1.82) is 0 Å². The van der Waals surface area contributed by atoms with Crippen LogP contribution in [0.5, 0.6) is 11.5 Å². The van der Waals surface area contributed by atoms with Gasteiger partial charge >= 0.3 is 0 Å². The first-order chi connectivity index (χ1) is 7.92. The molecule has 0 saturated heterocycles. The number of hydrogen-bond acceptors (Lipinski definition) is 3. The van der Waals surface area contributed by atoms with Crippen molar-refractivity contribution in [2.75, 3.05) is 6.61 Å². The number of phenols is 1. The Hall–Kier alpha value is -1.22. The minimum atomic E-state index is -0.324. The van der Waals surface area contributed by atoms with Crippen molar-refractivity contribution in [2.24, 2.45) is 5.73 Å². The smallest absolute Gasteiger partial charge is 0.161 e. The topological polar surface area (TPSA) is 55.5 Å². The number of aromatic hydroxyl groups is 1. The van der Waals surface area contributed by atoms with Crippen LogP contribution in [0.3, 0.4) is 0 Å². The average molecular weight is 235 g/mol. The van der Waals surface area contributed by atoms with E-state index in [1.165, 1.54) is 0 Å². The fraction of sp³-hybridized carbons (Fsp3) is 0.571. The molecule has 1 fully saturated rings. The van der Waals surface area contributed by atoms with E-state index >= 15 is 0 Å². The summed E-state index contributed by atoms with van der Waals surface area (Å²) in [6.07, 6.45) is 2.05.